The molecular formula is C15H12N4. The predicted molar refractivity (Wildman–Crippen MR) is 74.2 cm³/mol. The first-order chi connectivity index (χ1) is 9.31. The van der Waals surface area contributed by atoms with Crippen LogP contribution in [0.5, 0.6) is 0 Å². The van der Waals surface area contributed by atoms with Crippen molar-refractivity contribution in [3.8, 4) is 12.4 Å². The second kappa shape index (κ2) is 6.09. The number of nitrogens with one attached hydrogen (secondary N) is 2. The first-order valence-corrected chi connectivity index (χ1v) is 5.80. The minimum atomic E-state index is 0.752. The molecule has 0 unspecified atom stereocenters. The maximum absolute atomic E-state index is 8.60. The Morgan fingerprint density at radius 3 is 1.68 bits per heavy atom. The normalized spacial score (nSPS) is 9.16. The topological polar surface area (TPSA) is 71.6 Å². The van der Waals surface area contributed by atoms with Crippen LogP contribution >= 0.6 is 0 Å². The summed E-state index contributed by atoms with van der Waals surface area (Å²) in [4.78, 5) is 0. The summed E-state index contributed by atoms with van der Waals surface area (Å²) in [5.41, 5.74) is 3.78. The SMILES string of the molecule is N#CNc1cccc(Cc2cccc(NC#N)c2)c1. The molecule has 4 nitrogen and oxygen atoms in total. The lowest BCUT2D eigenvalue weighted by Gasteiger charge is -2.05. The van der Waals surface area contributed by atoms with Gasteiger partial charge in [-0.3, -0.25) is 10.6 Å². The van der Waals surface area contributed by atoms with Crippen LogP contribution in [0, 0.1) is 22.9 Å². The minimum Gasteiger partial charge on any atom is -0.293 e. The van der Waals surface area contributed by atoms with Crippen LogP contribution in [0.4, 0.5) is 11.4 Å². The van der Waals surface area contributed by atoms with Gasteiger partial charge in [-0.05, 0) is 41.8 Å². The Balaban J connectivity index is 2.17. The summed E-state index contributed by atoms with van der Waals surface area (Å²) >= 11 is 0. The van der Waals surface area contributed by atoms with Crippen LogP contribution in [-0.4, -0.2) is 0 Å². The third-order valence-corrected chi connectivity index (χ3v) is 2.66. The highest BCUT2D eigenvalue weighted by Crippen LogP contribution is 2.17. The molecule has 19 heavy (non-hydrogen) atoms. The summed E-state index contributed by atoms with van der Waals surface area (Å²) in [6.45, 7) is 0. The third-order valence-electron chi connectivity index (χ3n) is 2.66. The van der Waals surface area contributed by atoms with E-state index >= 15 is 0 Å². The van der Waals surface area contributed by atoms with Gasteiger partial charge < -0.3 is 0 Å². The number of benzene rings is 2. The molecule has 4 heteroatoms. The monoisotopic (exact) mass is 248 g/mol. The van der Waals surface area contributed by atoms with Gasteiger partial charge in [-0.1, -0.05) is 24.3 Å². The third kappa shape index (κ3) is 3.49. The predicted octanol–water partition coefficient (Wildman–Crippen LogP) is 3.06. The van der Waals surface area contributed by atoms with Crippen molar-refractivity contribution < 1.29 is 0 Å². The zero-order valence-corrected chi connectivity index (χ0v) is 10.2. The van der Waals surface area contributed by atoms with Gasteiger partial charge in [0.05, 0.1) is 0 Å². The highest BCUT2D eigenvalue weighted by Gasteiger charge is 1.99. The van der Waals surface area contributed by atoms with E-state index in [1.807, 2.05) is 60.9 Å². The van der Waals surface area contributed by atoms with Gasteiger partial charge in [-0.25, -0.2) is 0 Å². The molecular weight excluding hydrogens is 236 g/mol. The molecule has 0 radical (unpaired) electrons. The van der Waals surface area contributed by atoms with Gasteiger partial charge in [-0.2, -0.15) is 10.5 Å². The molecule has 0 fully saturated rings. The van der Waals surface area contributed by atoms with E-state index in [4.69, 9.17) is 10.5 Å². The van der Waals surface area contributed by atoms with Crippen molar-refractivity contribution in [2.45, 2.75) is 6.42 Å². The van der Waals surface area contributed by atoms with E-state index in [1.165, 1.54) is 0 Å². The van der Waals surface area contributed by atoms with E-state index in [-0.39, 0.29) is 0 Å². The molecule has 2 N–H and O–H groups in total. The highest BCUT2D eigenvalue weighted by atomic mass is 14.9. The Kier molecular flexibility index (Phi) is 4.00. The van der Waals surface area contributed by atoms with Crippen LogP contribution in [0.15, 0.2) is 48.5 Å². The average molecular weight is 248 g/mol. The highest BCUT2D eigenvalue weighted by molar-refractivity contribution is 5.52. The van der Waals surface area contributed by atoms with Crippen LogP contribution < -0.4 is 10.6 Å². The van der Waals surface area contributed by atoms with Crippen molar-refractivity contribution in [2.24, 2.45) is 0 Å². The van der Waals surface area contributed by atoms with E-state index in [9.17, 15) is 0 Å². The fraction of sp³-hybridized carbons (Fsp3) is 0.0667. The fourth-order valence-electron chi connectivity index (χ4n) is 1.88. The van der Waals surface area contributed by atoms with E-state index < -0.39 is 0 Å². The molecule has 2 rings (SSSR count). The summed E-state index contributed by atoms with van der Waals surface area (Å²) in [5, 5.41) is 22.4. The lowest BCUT2D eigenvalue weighted by molar-refractivity contribution is 1.19. The van der Waals surface area contributed by atoms with Crippen LogP contribution in [-0.2, 0) is 6.42 Å². The van der Waals surface area contributed by atoms with Gasteiger partial charge in [0.25, 0.3) is 0 Å². The molecule has 0 amide bonds. The maximum atomic E-state index is 8.60. The zero-order valence-electron chi connectivity index (χ0n) is 10.2. The molecule has 2 aromatic carbocycles. The van der Waals surface area contributed by atoms with Crippen LogP contribution in [0.25, 0.3) is 0 Å². The molecule has 0 aliphatic carbocycles. The molecule has 0 bridgehead atoms. The first kappa shape index (κ1) is 12.5. The van der Waals surface area contributed by atoms with Crippen LogP contribution in [0.2, 0.25) is 0 Å². The average Bonchev–Trinajstić information content (AvgIpc) is 2.40. The van der Waals surface area contributed by atoms with Crippen LogP contribution in [0.3, 0.4) is 0 Å². The molecule has 0 aliphatic rings. The quantitative estimate of drug-likeness (QED) is 0.644. The number of nitrogens with zero attached hydrogens (tertiary/aromatic N) is 2. The molecule has 2 aromatic rings. The van der Waals surface area contributed by atoms with Gasteiger partial charge in [0.2, 0.25) is 0 Å². The number of hydrogen-bond donors (Lipinski definition) is 2. The Labute approximate surface area is 111 Å². The Hall–Kier alpha value is -2.98. The molecule has 0 spiro atoms. The van der Waals surface area contributed by atoms with Crippen LogP contribution in [0.1, 0.15) is 11.1 Å². The largest absolute Gasteiger partial charge is 0.293 e. The lowest BCUT2D eigenvalue weighted by atomic mass is 10.0. The van der Waals surface area contributed by atoms with E-state index in [1.54, 1.807) is 0 Å². The summed E-state index contributed by atoms with van der Waals surface area (Å²) in [5.74, 6) is 0. The zero-order chi connectivity index (χ0) is 13.5. The molecule has 0 heterocycles. The van der Waals surface area contributed by atoms with Gasteiger partial charge in [-0.15, -0.1) is 0 Å². The Morgan fingerprint density at radius 2 is 1.26 bits per heavy atom. The fourth-order valence-corrected chi connectivity index (χ4v) is 1.88. The van der Waals surface area contributed by atoms with Gasteiger partial charge >= 0.3 is 0 Å². The smallest absolute Gasteiger partial charge is 0.181 e. The van der Waals surface area contributed by atoms with Crippen molar-refractivity contribution in [3.05, 3.63) is 59.7 Å². The number of hydrogen-bond acceptors (Lipinski definition) is 4. The number of rotatable bonds is 4. The summed E-state index contributed by atoms with van der Waals surface area (Å²) in [6.07, 6.45) is 4.56. The first-order valence-electron chi connectivity index (χ1n) is 5.80. The van der Waals surface area contributed by atoms with Gasteiger partial charge in [0.1, 0.15) is 0 Å². The minimum absolute atomic E-state index is 0.752. The summed E-state index contributed by atoms with van der Waals surface area (Å²) in [6, 6.07) is 15.4. The number of nitriles is 2. The van der Waals surface area contributed by atoms with Crippen molar-refractivity contribution in [2.75, 3.05) is 10.6 Å². The molecule has 0 aromatic heterocycles. The summed E-state index contributed by atoms with van der Waals surface area (Å²) < 4.78 is 0. The van der Waals surface area contributed by atoms with E-state index in [2.05, 4.69) is 10.6 Å². The molecule has 0 atom stereocenters. The van der Waals surface area contributed by atoms with Crippen molar-refractivity contribution in [3.63, 3.8) is 0 Å². The standard InChI is InChI=1S/C15H12N4/c16-10-18-14-5-1-3-12(8-14)7-13-4-2-6-15(9-13)19-11-17/h1-6,8-9,18-19H,7H2. The Bertz CT molecular complexity index is 592. The lowest BCUT2D eigenvalue weighted by Crippen LogP contribution is -1.93. The Morgan fingerprint density at radius 1 is 0.789 bits per heavy atom. The van der Waals surface area contributed by atoms with Gasteiger partial charge in [0, 0.05) is 11.4 Å². The maximum Gasteiger partial charge on any atom is 0.181 e. The molecule has 0 saturated carbocycles. The number of anilines is 2. The van der Waals surface area contributed by atoms with Crippen molar-refractivity contribution in [1.82, 2.24) is 0 Å². The molecule has 92 valence electrons. The van der Waals surface area contributed by atoms with E-state index in [0.29, 0.717) is 0 Å². The van der Waals surface area contributed by atoms with Crippen molar-refractivity contribution in [1.29, 1.82) is 10.5 Å². The van der Waals surface area contributed by atoms with Gasteiger partial charge in [0.15, 0.2) is 12.4 Å². The van der Waals surface area contributed by atoms with Crippen molar-refractivity contribution >= 4 is 11.4 Å². The molecule has 0 saturated heterocycles. The van der Waals surface area contributed by atoms with E-state index in [0.717, 1.165) is 28.9 Å². The molecule has 0 aliphatic heterocycles. The second-order valence-electron chi connectivity index (χ2n) is 4.05. The second-order valence-corrected chi connectivity index (χ2v) is 4.05. The summed E-state index contributed by atoms with van der Waals surface area (Å²) in [7, 11) is 0.